The number of phosphoric acid groups is 1. The van der Waals surface area contributed by atoms with E-state index in [1.165, 1.54) is 44.9 Å². The lowest BCUT2D eigenvalue weighted by molar-refractivity contribution is -0.121. The first-order valence-electron chi connectivity index (χ1n) is 12.4. The van der Waals surface area contributed by atoms with E-state index in [4.69, 9.17) is 9.79 Å². The van der Waals surface area contributed by atoms with Gasteiger partial charge in [0.15, 0.2) is 0 Å². The fourth-order valence-electron chi connectivity index (χ4n) is 3.17. The third-order valence-corrected chi connectivity index (χ3v) is 5.51. The molecule has 0 radical (unpaired) electrons. The third kappa shape index (κ3) is 26.9. The summed E-state index contributed by atoms with van der Waals surface area (Å²) < 4.78 is 14.7. The molecule has 192 valence electrons. The fourth-order valence-corrected chi connectivity index (χ4v) is 3.54. The first kappa shape index (κ1) is 31.8. The normalized spacial score (nSPS) is 13.5. The SMILES string of the molecule is CC/C=C\C/C=C\C/C=C\CCCCCCCCCCCC(=O)NCC(O)COP(=O)(O)O. The molecule has 7 nitrogen and oxygen atoms in total. The van der Waals surface area contributed by atoms with Crippen LogP contribution in [-0.4, -0.2) is 40.1 Å². The Balaban J connectivity index is 3.37. The summed E-state index contributed by atoms with van der Waals surface area (Å²) in [6, 6.07) is 0. The number of carbonyl (C=O) groups is 1. The molecule has 0 fully saturated rings. The van der Waals surface area contributed by atoms with Crippen molar-refractivity contribution in [3.05, 3.63) is 36.5 Å². The predicted molar refractivity (Wildman–Crippen MR) is 135 cm³/mol. The number of hydrogen-bond acceptors (Lipinski definition) is 4. The van der Waals surface area contributed by atoms with Crippen LogP contribution >= 0.6 is 7.82 Å². The molecule has 0 aromatic heterocycles. The minimum atomic E-state index is -4.60. The summed E-state index contributed by atoms with van der Waals surface area (Å²) in [6.07, 6.45) is 27.4. The Morgan fingerprint density at radius 1 is 0.848 bits per heavy atom. The minimum absolute atomic E-state index is 0.0807. The van der Waals surface area contributed by atoms with Gasteiger partial charge in [0, 0.05) is 13.0 Å². The van der Waals surface area contributed by atoms with E-state index >= 15 is 0 Å². The second kappa shape index (κ2) is 22.5. The number of unbranched alkanes of at least 4 members (excludes halogenated alkanes) is 9. The average molecular weight is 488 g/mol. The van der Waals surface area contributed by atoms with Gasteiger partial charge in [-0.05, 0) is 38.5 Å². The van der Waals surface area contributed by atoms with Crippen molar-refractivity contribution in [2.24, 2.45) is 0 Å². The van der Waals surface area contributed by atoms with Crippen LogP contribution in [0.5, 0.6) is 0 Å². The van der Waals surface area contributed by atoms with E-state index in [9.17, 15) is 14.5 Å². The number of carbonyl (C=O) groups excluding carboxylic acids is 1. The van der Waals surface area contributed by atoms with Crippen molar-refractivity contribution in [2.45, 2.75) is 103 Å². The lowest BCUT2D eigenvalue weighted by atomic mass is 10.1. The van der Waals surface area contributed by atoms with Crippen LogP contribution in [0.1, 0.15) is 96.8 Å². The molecule has 0 rings (SSSR count). The van der Waals surface area contributed by atoms with Crippen molar-refractivity contribution >= 4 is 13.7 Å². The molecule has 0 saturated carbocycles. The smallest absolute Gasteiger partial charge is 0.389 e. The highest BCUT2D eigenvalue weighted by Crippen LogP contribution is 2.35. The average Bonchev–Trinajstić information content (AvgIpc) is 2.77. The molecule has 0 aliphatic carbocycles. The van der Waals surface area contributed by atoms with Crippen molar-refractivity contribution in [3.8, 4) is 0 Å². The van der Waals surface area contributed by atoms with E-state index in [2.05, 4.69) is 53.2 Å². The molecule has 0 heterocycles. The van der Waals surface area contributed by atoms with Crippen molar-refractivity contribution < 1.29 is 28.8 Å². The van der Waals surface area contributed by atoms with E-state index in [1.54, 1.807) is 0 Å². The van der Waals surface area contributed by atoms with Crippen LogP contribution in [0.25, 0.3) is 0 Å². The molecule has 1 atom stereocenters. The lowest BCUT2D eigenvalue weighted by Crippen LogP contribution is -2.34. The maximum atomic E-state index is 11.7. The Kier molecular flexibility index (Phi) is 21.7. The second-order valence-corrected chi connectivity index (χ2v) is 9.50. The first-order valence-corrected chi connectivity index (χ1v) is 14.0. The van der Waals surface area contributed by atoms with Crippen LogP contribution in [0.15, 0.2) is 36.5 Å². The van der Waals surface area contributed by atoms with Crippen molar-refractivity contribution in [1.82, 2.24) is 5.32 Å². The molecule has 33 heavy (non-hydrogen) atoms. The Hall–Kier alpha value is -1.24. The van der Waals surface area contributed by atoms with Crippen LogP contribution in [-0.2, 0) is 13.9 Å². The monoisotopic (exact) mass is 487 g/mol. The summed E-state index contributed by atoms with van der Waals surface area (Å²) in [5, 5.41) is 12.1. The maximum Gasteiger partial charge on any atom is 0.469 e. The van der Waals surface area contributed by atoms with E-state index in [0.717, 1.165) is 38.5 Å². The van der Waals surface area contributed by atoms with Crippen LogP contribution < -0.4 is 5.32 Å². The fraction of sp³-hybridized carbons (Fsp3) is 0.720. The zero-order valence-electron chi connectivity index (χ0n) is 20.4. The number of nitrogens with one attached hydrogen (secondary N) is 1. The van der Waals surface area contributed by atoms with Gasteiger partial charge in [0.1, 0.15) is 0 Å². The summed E-state index contributed by atoms with van der Waals surface area (Å²) in [5.41, 5.74) is 0. The quantitative estimate of drug-likeness (QED) is 0.0881. The standard InChI is InChI=1S/C25H46NO6P/c1-2-3-4-5-6-7-8-9-10-11-12-13-14-15-16-17-18-19-20-21-25(28)26-22-24(27)23-32-33(29,30)31/h3-4,6-7,9-10,24,27H,2,5,8,11-23H2,1H3,(H,26,28)(H2,29,30,31)/b4-3-,7-6-,10-9-. The Morgan fingerprint density at radius 2 is 1.36 bits per heavy atom. The zero-order valence-corrected chi connectivity index (χ0v) is 21.3. The number of phosphoric ester groups is 1. The highest BCUT2D eigenvalue weighted by molar-refractivity contribution is 7.46. The molecule has 0 aromatic rings. The number of hydrogen-bond donors (Lipinski definition) is 4. The van der Waals surface area contributed by atoms with Crippen molar-refractivity contribution in [1.29, 1.82) is 0 Å². The van der Waals surface area contributed by atoms with Gasteiger partial charge in [-0.3, -0.25) is 9.32 Å². The molecule has 8 heteroatoms. The molecule has 0 aliphatic heterocycles. The summed E-state index contributed by atoms with van der Waals surface area (Å²) in [5.74, 6) is -0.167. The summed E-state index contributed by atoms with van der Waals surface area (Å²) in [4.78, 5) is 28.8. The van der Waals surface area contributed by atoms with Gasteiger partial charge in [0.05, 0.1) is 12.7 Å². The van der Waals surface area contributed by atoms with Gasteiger partial charge in [-0.25, -0.2) is 4.57 Å². The zero-order chi connectivity index (χ0) is 24.6. The van der Waals surface area contributed by atoms with Crippen molar-refractivity contribution in [2.75, 3.05) is 13.2 Å². The van der Waals surface area contributed by atoms with Gasteiger partial charge in [0.2, 0.25) is 5.91 Å². The molecule has 0 spiro atoms. The maximum absolute atomic E-state index is 11.7. The lowest BCUT2D eigenvalue weighted by Gasteiger charge is -2.12. The molecular weight excluding hydrogens is 441 g/mol. The summed E-state index contributed by atoms with van der Waals surface area (Å²) in [7, 11) is -4.60. The van der Waals surface area contributed by atoms with Gasteiger partial charge in [-0.15, -0.1) is 0 Å². The van der Waals surface area contributed by atoms with E-state index in [0.29, 0.717) is 6.42 Å². The number of rotatable bonds is 22. The second-order valence-electron chi connectivity index (χ2n) is 8.26. The number of aliphatic hydroxyl groups is 1. The molecule has 1 amide bonds. The van der Waals surface area contributed by atoms with Gasteiger partial charge in [-0.1, -0.05) is 88.3 Å². The molecule has 0 saturated heterocycles. The number of allylic oxidation sites excluding steroid dienone is 6. The Bertz CT molecular complexity index is 600. The topological polar surface area (TPSA) is 116 Å². The van der Waals surface area contributed by atoms with E-state index in [1.807, 2.05) is 0 Å². The largest absolute Gasteiger partial charge is 0.469 e. The number of amides is 1. The van der Waals surface area contributed by atoms with Crippen LogP contribution in [0.4, 0.5) is 0 Å². The van der Waals surface area contributed by atoms with Crippen LogP contribution in [0.2, 0.25) is 0 Å². The van der Waals surface area contributed by atoms with E-state index < -0.39 is 20.5 Å². The van der Waals surface area contributed by atoms with Gasteiger partial charge in [0.25, 0.3) is 0 Å². The highest BCUT2D eigenvalue weighted by Gasteiger charge is 2.17. The Morgan fingerprint density at radius 3 is 1.94 bits per heavy atom. The van der Waals surface area contributed by atoms with Crippen LogP contribution in [0.3, 0.4) is 0 Å². The van der Waals surface area contributed by atoms with E-state index in [-0.39, 0.29) is 12.5 Å². The van der Waals surface area contributed by atoms with Gasteiger partial charge < -0.3 is 20.2 Å². The summed E-state index contributed by atoms with van der Waals surface area (Å²) >= 11 is 0. The van der Waals surface area contributed by atoms with Gasteiger partial charge in [-0.2, -0.15) is 0 Å². The molecule has 0 aliphatic rings. The number of aliphatic hydroxyl groups excluding tert-OH is 1. The molecule has 1 unspecified atom stereocenters. The molecule has 0 aromatic carbocycles. The highest BCUT2D eigenvalue weighted by atomic mass is 31.2. The molecular formula is C25H46NO6P. The molecule has 4 N–H and O–H groups in total. The summed E-state index contributed by atoms with van der Waals surface area (Å²) in [6.45, 7) is 1.55. The van der Waals surface area contributed by atoms with Crippen molar-refractivity contribution in [3.63, 3.8) is 0 Å². The van der Waals surface area contributed by atoms with Gasteiger partial charge >= 0.3 is 7.82 Å². The Labute approximate surface area is 200 Å². The minimum Gasteiger partial charge on any atom is -0.389 e. The third-order valence-electron chi connectivity index (χ3n) is 5.02. The molecule has 0 bridgehead atoms. The predicted octanol–water partition coefficient (Wildman–Crippen LogP) is 5.72. The first-order chi connectivity index (χ1) is 15.8. The van der Waals surface area contributed by atoms with Crippen LogP contribution in [0, 0.1) is 0 Å².